The van der Waals surface area contributed by atoms with Gasteiger partial charge in [-0.25, -0.2) is 0 Å². The van der Waals surface area contributed by atoms with E-state index in [2.05, 4.69) is 16.8 Å². The number of fused-ring (bicyclic) bond motifs is 1. The minimum Gasteiger partial charge on any atom is -0.340 e. The van der Waals surface area contributed by atoms with E-state index in [1.54, 1.807) is 11.3 Å². The van der Waals surface area contributed by atoms with Gasteiger partial charge < -0.3 is 10.2 Å². The molecule has 3 rings (SSSR count). The zero-order valence-corrected chi connectivity index (χ0v) is 18.6. The van der Waals surface area contributed by atoms with E-state index >= 15 is 0 Å². The number of nitrogens with one attached hydrogen (secondary N) is 1. The van der Waals surface area contributed by atoms with E-state index in [1.807, 2.05) is 25.7 Å². The van der Waals surface area contributed by atoms with Crippen LogP contribution in [0, 0.1) is 16.0 Å². The zero-order valence-electron chi connectivity index (χ0n) is 17.1. The molecule has 0 aliphatic carbocycles. The second-order valence-corrected chi connectivity index (χ2v) is 9.03. The molecule has 1 aliphatic heterocycles. The average molecular weight is 450 g/mol. The molecule has 1 aromatic heterocycles. The summed E-state index contributed by atoms with van der Waals surface area (Å²) in [6.45, 7) is 6.39. The van der Waals surface area contributed by atoms with Crippen molar-refractivity contribution in [3.63, 3.8) is 0 Å². The van der Waals surface area contributed by atoms with Gasteiger partial charge in [0.15, 0.2) is 0 Å². The minimum absolute atomic E-state index is 0.0118. The monoisotopic (exact) mass is 449 g/mol. The summed E-state index contributed by atoms with van der Waals surface area (Å²) in [6, 6.07) is 5.19. The van der Waals surface area contributed by atoms with Crippen molar-refractivity contribution in [2.45, 2.75) is 45.7 Å². The molecule has 0 saturated heterocycles. The summed E-state index contributed by atoms with van der Waals surface area (Å²) in [5, 5.41) is 15.9. The van der Waals surface area contributed by atoms with Crippen LogP contribution < -0.4 is 5.32 Å². The Morgan fingerprint density at radius 1 is 1.37 bits per heavy atom. The Bertz CT molecular complexity index is 975. The highest BCUT2D eigenvalue weighted by atomic mass is 35.5. The molecule has 0 spiro atoms. The SMILES string of the molecule is CCC1c2ccsc2CCN1C(=O)C(NC(=O)c1ccc(Cl)c([N+](=O)[O-])c1)C(C)C. The third-order valence-corrected chi connectivity index (χ3v) is 6.71. The molecule has 1 aliphatic rings. The molecule has 1 N–H and O–H groups in total. The van der Waals surface area contributed by atoms with Gasteiger partial charge in [0.1, 0.15) is 11.1 Å². The maximum absolute atomic E-state index is 13.4. The number of hydrogen-bond donors (Lipinski definition) is 1. The van der Waals surface area contributed by atoms with E-state index in [-0.39, 0.29) is 34.1 Å². The van der Waals surface area contributed by atoms with Crippen LogP contribution in [0.15, 0.2) is 29.6 Å². The quantitative estimate of drug-likeness (QED) is 0.515. The summed E-state index contributed by atoms with van der Waals surface area (Å²) in [4.78, 5) is 39.9. The first-order valence-corrected chi connectivity index (χ1v) is 11.1. The van der Waals surface area contributed by atoms with Gasteiger partial charge in [-0.05, 0) is 47.9 Å². The largest absolute Gasteiger partial charge is 0.340 e. The first-order valence-electron chi connectivity index (χ1n) is 9.86. The molecule has 7 nitrogen and oxygen atoms in total. The van der Waals surface area contributed by atoms with Crippen LogP contribution in [0.1, 0.15) is 54.0 Å². The number of amides is 2. The van der Waals surface area contributed by atoms with Crippen molar-refractivity contribution in [3.05, 3.63) is 60.8 Å². The smallest absolute Gasteiger partial charge is 0.288 e. The summed E-state index contributed by atoms with van der Waals surface area (Å²) < 4.78 is 0. The first-order chi connectivity index (χ1) is 14.2. The standard InChI is InChI=1S/C21H24ClN3O4S/c1-4-16-14-8-10-30-18(14)7-9-24(16)21(27)19(12(2)3)23-20(26)13-5-6-15(22)17(11-13)25(28)29/h5-6,8,10-12,16,19H,4,7,9H2,1-3H3,(H,23,26). The molecule has 2 atom stereocenters. The lowest BCUT2D eigenvalue weighted by molar-refractivity contribution is -0.384. The minimum atomic E-state index is -0.735. The van der Waals surface area contributed by atoms with E-state index in [9.17, 15) is 19.7 Å². The highest BCUT2D eigenvalue weighted by Crippen LogP contribution is 2.36. The Balaban J connectivity index is 1.82. The molecule has 2 unspecified atom stereocenters. The normalized spacial score (nSPS) is 16.8. The number of benzene rings is 1. The molecule has 9 heteroatoms. The van der Waals surface area contributed by atoms with E-state index in [1.165, 1.54) is 22.6 Å². The first kappa shape index (κ1) is 22.2. The maximum atomic E-state index is 13.4. The Hall–Kier alpha value is -2.45. The third-order valence-electron chi connectivity index (χ3n) is 5.39. The van der Waals surface area contributed by atoms with E-state index in [0.29, 0.717) is 6.54 Å². The molecule has 2 heterocycles. The van der Waals surface area contributed by atoms with Crippen molar-refractivity contribution in [1.29, 1.82) is 0 Å². The van der Waals surface area contributed by atoms with Gasteiger partial charge in [-0.1, -0.05) is 32.4 Å². The highest BCUT2D eigenvalue weighted by Gasteiger charge is 2.36. The van der Waals surface area contributed by atoms with Gasteiger partial charge in [-0.3, -0.25) is 19.7 Å². The second kappa shape index (κ2) is 9.14. The molecule has 2 amide bonds. The van der Waals surface area contributed by atoms with Gasteiger partial charge in [0.25, 0.3) is 11.6 Å². The van der Waals surface area contributed by atoms with E-state index in [0.717, 1.165) is 18.9 Å². The van der Waals surface area contributed by atoms with Gasteiger partial charge in [0.2, 0.25) is 5.91 Å². The van der Waals surface area contributed by atoms with Crippen molar-refractivity contribution >= 4 is 40.4 Å². The van der Waals surface area contributed by atoms with Crippen molar-refractivity contribution in [2.24, 2.45) is 5.92 Å². The van der Waals surface area contributed by atoms with Crippen molar-refractivity contribution in [1.82, 2.24) is 10.2 Å². The predicted octanol–water partition coefficient (Wildman–Crippen LogP) is 4.60. The average Bonchev–Trinajstić information content (AvgIpc) is 3.19. The van der Waals surface area contributed by atoms with Crippen LogP contribution in [0.3, 0.4) is 0 Å². The Labute approximate surface area is 184 Å². The highest BCUT2D eigenvalue weighted by molar-refractivity contribution is 7.10. The molecular formula is C21H24ClN3O4S. The van der Waals surface area contributed by atoms with Gasteiger partial charge in [0.05, 0.1) is 11.0 Å². The zero-order chi connectivity index (χ0) is 22.0. The molecule has 160 valence electrons. The van der Waals surface area contributed by atoms with Gasteiger partial charge in [0, 0.05) is 23.1 Å². The summed E-state index contributed by atoms with van der Waals surface area (Å²) in [5.41, 5.74) is 0.934. The van der Waals surface area contributed by atoms with Crippen molar-refractivity contribution in [2.75, 3.05) is 6.54 Å². The van der Waals surface area contributed by atoms with Crippen LogP contribution in [-0.2, 0) is 11.2 Å². The van der Waals surface area contributed by atoms with Gasteiger partial charge in [-0.2, -0.15) is 0 Å². The predicted molar refractivity (Wildman–Crippen MR) is 117 cm³/mol. The lowest BCUT2D eigenvalue weighted by Gasteiger charge is -2.38. The van der Waals surface area contributed by atoms with Crippen LogP contribution in [0.2, 0.25) is 5.02 Å². The number of rotatable bonds is 6. The second-order valence-electron chi connectivity index (χ2n) is 7.62. The Morgan fingerprint density at radius 3 is 2.73 bits per heavy atom. The molecular weight excluding hydrogens is 426 g/mol. The van der Waals surface area contributed by atoms with Crippen molar-refractivity contribution < 1.29 is 14.5 Å². The Kier molecular flexibility index (Phi) is 6.77. The number of nitro benzene ring substituents is 1. The fourth-order valence-corrected chi connectivity index (χ4v) is 4.93. The molecule has 1 aromatic carbocycles. The number of nitrogens with zero attached hydrogens (tertiary/aromatic N) is 2. The van der Waals surface area contributed by atoms with Gasteiger partial charge >= 0.3 is 0 Å². The van der Waals surface area contributed by atoms with Gasteiger partial charge in [-0.15, -0.1) is 11.3 Å². The molecule has 0 saturated carbocycles. The maximum Gasteiger partial charge on any atom is 0.288 e. The van der Waals surface area contributed by atoms with Crippen LogP contribution in [-0.4, -0.2) is 34.2 Å². The molecule has 0 fully saturated rings. The summed E-state index contributed by atoms with van der Waals surface area (Å²) in [5.74, 6) is -0.821. The topological polar surface area (TPSA) is 92.6 Å². The molecule has 30 heavy (non-hydrogen) atoms. The van der Waals surface area contributed by atoms with Crippen LogP contribution in [0.5, 0.6) is 0 Å². The third kappa shape index (κ3) is 4.34. The number of hydrogen-bond acceptors (Lipinski definition) is 5. The number of carbonyl (C=O) groups is 2. The number of thiophene rings is 1. The number of nitro groups is 1. The van der Waals surface area contributed by atoms with Crippen molar-refractivity contribution in [3.8, 4) is 0 Å². The molecule has 0 radical (unpaired) electrons. The summed E-state index contributed by atoms with van der Waals surface area (Å²) in [6.07, 6.45) is 1.59. The fraction of sp³-hybridized carbons (Fsp3) is 0.429. The van der Waals surface area contributed by atoms with Crippen LogP contribution in [0.25, 0.3) is 0 Å². The van der Waals surface area contributed by atoms with E-state index in [4.69, 9.17) is 11.6 Å². The summed E-state index contributed by atoms with van der Waals surface area (Å²) >= 11 is 7.55. The van der Waals surface area contributed by atoms with Crippen LogP contribution >= 0.6 is 22.9 Å². The number of halogens is 1. The molecule has 0 bridgehead atoms. The fourth-order valence-electron chi connectivity index (χ4n) is 3.81. The number of carbonyl (C=O) groups excluding carboxylic acids is 2. The lowest BCUT2D eigenvalue weighted by Crippen LogP contribution is -2.53. The van der Waals surface area contributed by atoms with E-state index < -0.39 is 16.9 Å². The summed E-state index contributed by atoms with van der Waals surface area (Å²) in [7, 11) is 0. The molecule has 2 aromatic rings. The van der Waals surface area contributed by atoms with Crippen LogP contribution in [0.4, 0.5) is 5.69 Å². The lowest BCUT2D eigenvalue weighted by atomic mass is 9.94. The Morgan fingerprint density at radius 2 is 2.10 bits per heavy atom.